The molecule has 18 heavy (non-hydrogen) atoms. The summed E-state index contributed by atoms with van der Waals surface area (Å²) < 4.78 is 0. The number of nitrogens with one attached hydrogen (secondary N) is 1. The highest BCUT2D eigenvalue weighted by atomic mass is 15.2. The van der Waals surface area contributed by atoms with Crippen molar-refractivity contribution in [2.24, 2.45) is 23.7 Å². The summed E-state index contributed by atoms with van der Waals surface area (Å²) in [5, 5.41) is 3.65. The fourth-order valence-corrected chi connectivity index (χ4v) is 3.29. The zero-order valence-electron chi connectivity index (χ0n) is 13.4. The Bertz CT molecular complexity index is 215. The molecule has 0 aromatic heterocycles. The predicted octanol–water partition coefficient (Wildman–Crippen LogP) is 3.23. The van der Waals surface area contributed by atoms with Crippen LogP contribution in [0.2, 0.25) is 0 Å². The van der Waals surface area contributed by atoms with Crippen molar-refractivity contribution < 1.29 is 0 Å². The van der Waals surface area contributed by atoms with E-state index >= 15 is 0 Å². The predicted molar refractivity (Wildman–Crippen MR) is 80.9 cm³/mol. The normalized spacial score (nSPS) is 28.0. The van der Waals surface area contributed by atoms with Crippen LogP contribution >= 0.6 is 0 Å². The van der Waals surface area contributed by atoms with Gasteiger partial charge in [0, 0.05) is 25.7 Å². The molecule has 0 aromatic rings. The lowest BCUT2D eigenvalue weighted by atomic mass is 9.89. The third kappa shape index (κ3) is 5.27. The van der Waals surface area contributed by atoms with Crippen LogP contribution in [0.4, 0.5) is 0 Å². The van der Waals surface area contributed by atoms with Crippen LogP contribution in [0.5, 0.6) is 0 Å². The first-order valence-corrected chi connectivity index (χ1v) is 7.84. The molecule has 1 heterocycles. The zero-order valence-corrected chi connectivity index (χ0v) is 13.4. The number of hydrogen-bond donors (Lipinski definition) is 1. The first-order chi connectivity index (χ1) is 8.40. The van der Waals surface area contributed by atoms with E-state index in [0.29, 0.717) is 6.04 Å². The molecule has 0 spiro atoms. The quantitative estimate of drug-likeness (QED) is 0.783. The van der Waals surface area contributed by atoms with E-state index in [2.05, 4.69) is 51.8 Å². The fourth-order valence-electron chi connectivity index (χ4n) is 3.29. The topological polar surface area (TPSA) is 15.3 Å². The molecule has 0 aromatic carbocycles. The second-order valence-electron chi connectivity index (χ2n) is 7.26. The van der Waals surface area contributed by atoms with Gasteiger partial charge in [0.25, 0.3) is 0 Å². The SMILES string of the molecule is CC(C)CNCC(C(C)C)N1CC(C)CC(C)C1. The van der Waals surface area contributed by atoms with Gasteiger partial charge in [-0.2, -0.15) is 0 Å². The Labute approximate surface area is 115 Å². The van der Waals surface area contributed by atoms with Crippen molar-refractivity contribution in [2.45, 2.75) is 54.0 Å². The van der Waals surface area contributed by atoms with Gasteiger partial charge in [0.05, 0.1) is 0 Å². The van der Waals surface area contributed by atoms with Crippen LogP contribution in [0.3, 0.4) is 0 Å². The fraction of sp³-hybridized carbons (Fsp3) is 1.00. The van der Waals surface area contributed by atoms with Gasteiger partial charge in [0.15, 0.2) is 0 Å². The second-order valence-corrected chi connectivity index (χ2v) is 7.26. The van der Waals surface area contributed by atoms with Crippen molar-refractivity contribution in [3.05, 3.63) is 0 Å². The lowest BCUT2D eigenvalue weighted by Gasteiger charge is -2.42. The van der Waals surface area contributed by atoms with E-state index in [0.717, 1.165) is 36.8 Å². The average molecular weight is 254 g/mol. The lowest BCUT2D eigenvalue weighted by molar-refractivity contribution is 0.0719. The molecular weight excluding hydrogens is 220 g/mol. The molecule has 0 amide bonds. The molecule has 3 unspecified atom stereocenters. The number of piperidine rings is 1. The van der Waals surface area contributed by atoms with Gasteiger partial charge in [-0.25, -0.2) is 0 Å². The third-order valence-electron chi connectivity index (χ3n) is 4.04. The van der Waals surface area contributed by atoms with Crippen LogP contribution in [0.25, 0.3) is 0 Å². The maximum Gasteiger partial charge on any atom is 0.0243 e. The molecule has 108 valence electrons. The van der Waals surface area contributed by atoms with Gasteiger partial charge in [-0.3, -0.25) is 4.90 Å². The maximum atomic E-state index is 3.65. The molecule has 2 nitrogen and oxygen atoms in total. The Hall–Kier alpha value is -0.0800. The first kappa shape index (κ1) is 16.0. The molecule has 0 saturated carbocycles. The molecule has 1 aliphatic heterocycles. The minimum atomic E-state index is 0.703. The van der Waals surface area contributed by atoms with Crippen LogP contribution in [0, 0.1) is 23.7 Å². The van der Waals surface area contributed by atoms with Crippen molar-refractivity contribution in [3.8, 4) is 0 Å². The van der Waals surface area contributed by atoms with Gasteiger partial charge in [0.1, 0.15) is 0 Å². The smallest absolute Gasteiger partial charge is 0.0243 e. The molecule has 1 saturated heterocycles. The number of likely N-dealkylation sites (tertiary alicyclic amines) is 1. The molecular formula is C16H34N2. The molecule has 1 rings (SSSR count). The summed E-state index contributed by atoms with van der Waals surface area (Å²) in [5.41, 5.74) is 0. The second kappa shape index (κ2) is 7.49. The van der Waals surface area contributed by atoms with E-state index < -0.39 is 0 Å². The molecule has 1 aliphatic rings. The van der Waals surface area contributed by atoms with Crippen molar-refractivity contribution in [1.82, 2.24) is 10.2 Å². The summed E-state index contributed by atoms with van der Waals surface area (Å²) >= 11 is 0. The highest BCUT2D eigenvalue weighted by molar-refractivity contribution is 4.83. The largest absolute Gasteiger partial charge is 0.315 e. The van der Waals surface area contributed by atoms with Crippen molar-refractivity contribution >= 4 is 0 Å². The molecule has 0 radical (unpaired) electrons. The van der Waals surface area contributed by atoms with E-state index in [1.807, 2.05) is 0 Å². The van der Waals surface area contributed by atoms with Gasteiger partial charge < -0.3 is 5.32 Å². The molecule has 0 bridgehead atoms. The Balaban J connectivity index is 2.49. The van der Waals surface area contributed by atoms with E-state index in [4.69, 9.17) is 0 Å². The first-order valence-electron chi connectivity index (χ1n) is 7.84. The Kier molecular flexibility index (Phi) is 6.65. The van der Waals surface area contributed by atoms with Crippen LogP contribution < -0.4 is 5.32 Å². The monoisotopic (exact) mass is 254 g/mol. The number of hydrogen-bond acceptors (Lipinski definition) is 2. The van der Waals surface area contributed by atoms with Crippen LogP contribution in [-0.4, -0.2) is 37.1 Å². The minimum absolute atomic E-state index is 0.703. The third-order valence-corrected chi connectivity index (χ3v) is 4.04. The summed E-state index contributed by atoms with van der Waals surface area (Å²) in [4.78, 5) is 2.73. The van der Waals surface area contributed by atoms with Crippen LogP contribution in [-0.2, 0) is 0 Å². The van der Waals surface area contributed by atoms with Gasteiger partial charge in [-0.15, -0.1) is 0 Å². The maximum absolute atomic E-state index is 3.65. The standard InChI is InChI=1S/C16H34N2/c1-12(2)8-17-9-16(13(3)4)18-10-14(5)7-15(6)11-18/h12-17H,7-11H2,1-6H3. The lowest BCUT2D eigenvalue weighted by Crippen LogP contribution is -2.51. The van der Waals surface area contributed by atoms with Gasteiger partial charge in [-0.05, 0) is 36.6 Å². The Morgan fingerprint density at radius 1 is 1.00 bits per heavy atom. The summed E-state index contributed by atoms with van der Waals surface area (Å²) in [6.45, 7) is 19.0. The van der Waals surface area contributed by atoms with Crippen molar-refractivity contribution in [2.75, 3.05) is 26.2 Å². The van der Waals surface area contributed by atoms with Crippen LogP contribution in [0.1, 0.15) is 48.0 Å². The summed E-state index contributed by atoms with van der Waals surface area (Å²) in [7, 11) is 0. The Morgan fingerprint density at radius 2 is 1.56 bits per heavy atom. The van der Waals surface area contributed by atoms with Crippen LogP contribution in [0.15, 0.2) is 0 Å². The summed E-state index contributed by atoms with van der Waals surface area (Å²) in [5.74, 6) is 3.21. The molecule has 0 aliphatic carbocycles. The molecule has 2 heteroatoms. The van der Waals surface area contributed by atoms with Gasteiger partial charge in [-0.1, -0.05) is 41.5 Å². The highest BCUT2D eigenvalue weighted by Gasteiger charge is 2.28. The number of rotatable bonds is 6. The van der Waals surface area contributed by atoms with E-state index in [1.165, 1.54) is 19.5 Å². The van der Waals surface area contributed by atoms with E-state index in [9.17, 15) is 0 Å². The highest BCUT2D eigenvalue weighted by Crippen LogP contribution is 2.24. The summed E-state index contributed by atoms with van der Waals surface area (Å²) in [6, 6.07) is 0.703. The zero-order chi connectivity index (χ0) is 13.7. The van der Waals surface area contributed by atoms with E-state index in [-0.39, 0.29) is 0 Å². The molecule has 1 fully saturated rings. The van der Waals surface area contributed by atoms with Gasteiger partial charge >= 0.3 is 0 Å². The van der Waals surface area contributed by atoms with Gasteiger partial charge in [0.2, 0.25) is 0 Å². The van der Waals surface area contributed by atoms with E-state index in [1.54, 1.807) is 0 Å². The molecule has 1 N–H and O–H groups in total. The average Bonchev–Trinajstić information content (AvgIpc) is 2.21. The van der Waals surface area contributed by atoms with Crippen molar-refractivity contribution in [3.63, 3.8) is 0 Å². The molecule has 3 atom stereocenters. The minimum Gasteiger partial charge on any atom is -0.315 e. The number of nitrogens with zero attached hydrogens (tertiary/aromatic N) is 1. The van der Waals surface area contributed by atoms with Crippen molar-refractivity contribution in [1.29, 1.82) is 0 Å². The Morgan fingerprint density at radius 3 is 2.00 bits per heavy atom. The summed E-state index contributed by atoms with van der Waals surface area (Å²) in [6.07, 6.45) is 1.40.